The van der Waals surface area contributed by atoms with E-state index >= 15 is 0 Å². The Bertz CT molecular complexity index is 744. The van der Waals surface area contributed by atoms with Crippen LogP contribution in [0, 0.1) is 12.7 Å². The number of carbonyl (C=O) groups is 2. The SMILES string of the molecule is CNC(=O)[C@@H](C)N(Cc1ccc(C)cc1)C(=O)Cc1ccccc1F. The highest BCUT2D eigenvalue weighted by Gasteiger charge is 2.26. The Balaban J connectivity index is 2.23. The molecule has 0 saturated carbocycles. The molecule has 1 N–H and O–H groups in total. The molecule has 0 aliphatic rings. The molecule has 0 aromatic heterocycles. The summed E-state index contributed by atoms with van der Waals surface area (Å²) in [7, 11) is 1.53. The Labute approximate surface area is 147 Å². The molecule has 5 heteroatoms. The van der Waals surface area contributed by atoms with Gasteiger partial charge in [0.1, 0.15) is 11.9 Å². The van der Waals surface area contributed by atoms with Gasteiger partial charge in [0, 0.05) is 13.6 Å². The molecular formula is C20H23FN2O2. The maximum absolute atomic E-state index is 13.9. The van der Waals surface area contributed by atoms with E-state index in [2.05, 4.69) is 5.32 Å². The molecule has 0 bridgehead atoms. The van der Waals surface area contributed by atoms with Crippen LogP contribution in [0.2, 0.25) is 0 Å². The summed E-state index contributed by atoms with van der Waals surface area (Å²) in [6.45, 7) is 3.95. The maximum Gasteiger partial charge on any atom is 0.242 e. The van der Waals surface area contributed by atoms with Crippen molar-refractivity contribution in [3.05, 3.63) is 71.0 Å². The van der Waals surface area contributed by atoms with Crippen molar-refractivity contribution in [1.29, 1.82) is 0 Å². The molecule has 0 heterocycles. The fourth-order valence-corrected chi connectivity index (χ4v) is 2.59. The predicted octanol–water partition coefficient (Wildman–Crippen LogP) is 2.84. The predicted molar refractivity (Wildman–Crippen MR) is 95.4 cm³/mol. The zero-order valence-corrected chi connectivity index (χ0v) is 14.8. The highest BCUT2D eigenvalue weighted by molar-refractivity contribution is 5.88. The van der Waals surface area contributed by atoms with Gasteiger partial charge in [0.05, 0.1) is 6.42 Å². The molecule has 0 aliphatic heterocycles. The normalized spacial score (nSPS) is 11.7. The smallest absolute Gasteiger partial charge is 0.242 e. The fourth-order valence-electron chi connectivity index (χ4n) is 2.59. The van der Waals surface area contributed by atoms with Crippen molar-refractivity contribution in [2.45, 2.75) is 32.9 Å². The van der Waals surface area contributed by atoms with E-state index in [-0.39, 0.29) is 18.2 Å². The quantitative estimate of drug-likeness (QED) is 0.878. The van der Waals surface area contributed by atoms with E-state index in [0.29, 0.717) is 12.1 Å². The van der Waals surface area contributed by atoms with E-state index in [0.717, 1.165) is 11.1 Å². The number of benzene rings is 2. The molecule has 2 rings (SSSR count). The summed E-state index contributed by atoms with van der Waals surface area (Å²) in [4.78, 5) is 26.3. The highest BCUT2D eigenvalue weighted by atomic mass is 19.1. The molecule has 2 aromatic carbocycles. The Morgan fingerprint density at radius 2 is 1.76 bits per heavy atom. The average Bonchev–Trinajstić information content (AvgIpc) is 2.61. The fraction of sp³-hybridized carbons (Fsp3) is 0.300. The molecule has 0 aliphatic carbocycles. The second kappa shape index (κ2) is 8.42. The summed E-state index contributed by atoms with van der Waals surface area (Å²) in [5.74, 6) is -0.963. The summed E-state index contributed by atoms with van der Waals surface area (Å²) in [6.07, 6.45) is -0.0835. The number of hydrogen-bond acceptors (Lipinski definition) is 2. The molecule has 4 nitrogen and oxygen atoms in total. The third-order valence-corrected chi connectivity index (χ3v) is 4.19. The number of rotatable bonds is 6. The third-order valence-electron chi connectivity index (χ3n) is 4.19. The molecule has 0 unspecified atom stereocenters. The lowest BCUT2D eigenvalue weighted by Gasteiger charge is -2.28. The first kappa shape index (κ1) is 18.6. The van der Waals surface area contributed by atoms with Crippen molar-refractivity contribution < 1.29 is 14.0 Å². The summed E-state index contributed by atoms with van der Waals surface area (Å²) in [5, 5.41) is 2.56. The number of hydrogen-bond donors (Lipinski definition) is 1. The Hall–Kier alpha value is -2.69. The molecule has 25 heavy (non-hydrogen) atoms. The molecule has 0 radical (unpaired) electrons. The van der Waals surface area contributed by atoms with Crippen LogP contribution in [0.25, 0.3) is 0 Å². The lowest BCUT2D eigenvalue weighted by Crippen LogP contribution is -2.47. The van der Waals surface area contributed by atoms with Crippen LogP contribution in [-0.2, 0) is 22.6 Å². The van der Waals surface area contributed by atoms with Gasteiger partial charge in [-0.15, -0.1) is 0 Å². The van der Waals surface area contributed by atoms with Crippen molar-refractivity contribution in [2.24, 2.45) is 0 Å². The van der Waals surface area contributed by atoms with Crippen LogP contribution < -0.4 is 5.32 Å². The zero-order chi connectivity index (χ0) is 18.4. The molecule has 2 amide bonds. The monoisotopic (exact) mass is 342 g/mol. The van der Waals surface area contributed by atoms with Crippen LogP contribution in [0.5, 0.6) is 0 Å². The van der Waals surface area contributed by atoms with Gasteiger partial charge in [0.2, 0.25) is 11.8 Å². The standard InChI is InChI=1S/C20H23FN2O2/c1-14-8-10-16(11-9-14)13-23(15(2)20(25)22-3)19(24)12-17-6-4-5-7-18(17)21/h4-11,15H,12-13H2,1-3H3,(H,22,25)/t15-/m1/s1. The van der Waals surface area contributed by atoms with Gasteiger partial charge in [0.25, 0.3) is 0 Å². The van der Waals surface area contributed by atoms with Crippen molar-refractivity contribution in [3.63, 3.8) is 0 Å². The molecular weight excluding hydrogens is 319 g/mol. The van der Waals surface area contributed by atoms with Crippen LogP contribution in [-0.4, -0.2) is 29.8 Å². The zero-order valence-electron chi connectivity index (χ0n) is 14.8. The number of carbonyl (C=O) groups excluding carboxylic acids is 2. The van der Waals surface area contributed by atoms with E-state index in [1.807, 2.05) is 31.2 Å². The number of amides is 2. The summed E-state index contributed by atoms with van der Waals surface area (Å²) in [5.41, 5.74) is 2.36. The van der Waals surface area contributed by atoms with E-state index < -0.39 is 11.9 Å². The highest BCUT2D eigenvalue weighted by Crippen LogP contribution is 2.14. The molecule has 2 aromatic rings. The van der Waals surface area contributed by atoms with Gasteiger partial charge in [-0.25, -0.2) is 4.39 Å². The minimum absolute atomic E-state index is 0.0835. The van der Waals surface area contributed by atoms with E-state index in [1.165, 1.54) is 18.0 Å². The van der Waals surface area contributed by atoms with Crippen molar-refractivity contribution in [2.75, 3.05) is 7.05 Å². The minimum Gasteiger partial charge on any atom is -0.357 e. The topological polar surface area (TPSA) is 49.4 Å². The van der Waals surface area contributed by atoms with Crippen LogP contribution in [0.1, 0.15) is 23.6 Å². The van der Waals surface area contributed by atoms with Gasteiger partial charge in [-0.3, -0.25) is 9.59 Å². The van der Waals surface area contributed by atoms with Gasteiger partial charge in [-0.1, -0.05) is 48.0 Å². The molecule has 132 valence electrons. The maximum atomic E-state index is 13.9. The van der Waals surface area contributed by atoms with E-state index in [1.54, 1.807) is 25.1 Å². The van der Waals surface area contributed by atoms with Crippen LogP contribution in [0.4, 0.5) is 4.39 Å². The van der Waals surface area contributed by atoms with Gasteiger partial charge in [-0.2, -0.15) is 0 Å². The first-order valence-corrected chi connectivity index (χ1v) is 8.22. The van der Waals surface area contributed by atoms with Crippen LogP contribution in [0.3, 0.4) is 0 Å². The summed E-state index contributed by atoms with van der Waals surface area (Å²) in [6, 6.07) is 13.3. The summed E-state index contributed by atoms with van der Waals surface area (Å²) < 4.78 is 13.9. The number of halogens is 1. The minimum atomic E-state index is -0.648. The van der Waals surface area contributed by atoms with Gasteiger partial charge in [0.15, 0.2) is 0 Å². The number of nitrogens with zero attached hydrogens (tertiary/aromatic N) is 1. The Kier molecular flexibility index (Phi) is 6.28. The number of aryl methyl sites for hydroxylation is 1. The molecule has 1 atom stereocenters. The Morgan fingerprint density at radius 1 is 1.12 bits per heavy atom. The first-order chi connectivity index (χ1) is 11.9. The second-order valence-electron chi connectivity index (χ2n) is 6.07. The lowest BCUT2D eigenvalue weighted by molar-refractivity contribution is -0.139. The largest absolute Gasteiger partial charge is 0.357 e. The van der Waals surface area contributed by atoms with Crippen molar-refractivity contribution in [3.8, 4) is 0 Å². The van der Waals surface area contributed by atoms with Crippen LogP contribution in [0.15, 0.2) is 48.5 Å². The molecule has 0 saturated heterocycles. The first-order valence-electron chi connectivity index (χ1n) is 8.22. The van der Waals surface area contributed by atoms with E-state index in [4.69, 9.17) is 0 Å². The van der Waals surface area contributed by atoms with Gasteiger partial charge in [-0.05, 0) is 31.0 Å². The third kappa shape index (κ3) is 4.89. The second-order valence-corrected chi connectivity index (χ2v) is 6.07. The molecule has 0 spiro atoms. The van der Waals surface area contributed by atoms with Crippen molar-refractivity contribution >= 4 is 11.8 Å². The average molecular weight is 342 g/mol. The van der Waals surface area contributed by atoms with Crippen molar-refractivity contribution in [1.82, 2.24) is 10.2 Å². The number of likely N-dealkylation sites (N-methyl/N-ethyl adjacent to an activating group) is 1. The summed E-state index contributed by atoms with van der Waals surface area (Å²) >= 11 is 0. The van der Waals surface area contributed by atoms with Gasteiger partial charge < -0.3 is 10.2 Å². The van der Waals surface area contributed by atoms with E-state index in [9.17, 15) is 14.0 Å². The number of nitrogens with one attached hydrogen (secondary N) is 1. The Morgan fingerprint density at radius 3 is 2.36 bits per heavy atom. The van der Waals surface area contributed by atoms with Gasteiger partial charge >= 0.3 is 0 Å². The molecule has 0 fully saturated rings. The van der Waals surface area contributed by atoms with Crippen LogP contribution >= 0.6 is 0 Å². The lowest BCUT2D eigenvalue weighted by atomic mass is 10.1.